The van der Waals surface area contributed by atoms with Crippen molar-refractivity contribution >= 4 is 41.4 Å². The monoisotopic (exact) mass is 592 g/mol. The van der Waals surface area contributed by atoms with Crippen LogP contribution in [0, 0.1) is 19.8 Å². The fourth-order valence-electron chi connectivity index (χ4n) is 3.26. The SMILES string of the molecule is C[C]1C(C)=C(C)C(C)=C1C.Cc1cc([Si](C)(C)C)pc([Si](C)(C)C)c1C.F[B-](F)(F)F.[Ru+]. The van der Waals surface area contributed by atoms with Crippen LogP contribution in [0.1, 0.15) is 45.7 Å². The molecule has 0 spiro atoms. The van der Waals surface area contributed by atoms with Crippen molar-refractivity contribution < 1.29 is 36.7 Å². The molecule has 1 aromatic rings. The third-order valence-electron chi connectivity index (χ3n) is 5.82. The third kappa shape index (κ3) is 10.9. The number of halogens is 4. The van der Waals surface area contributed by atoms with Gasteiger partial charge in [0.2, 0.25) is 0 Å². The topological polar surface area (TPSA) is 0 Å². The summed E-state index contributed by atoms with van der Waals surface area (Å²) in [7, 11) is -6.74. The van der Waals surface area contributed by atoms with Crippen molar-refractivity contribution in [1.29, 1.82) is 0 Å². The van der Waals surface area contributed by atoms with Gasteiger partial charge in [-0.2, -0.15) is 0 Å². The summed E-state index contributed by atoms with van der Waals surface area (Å²) in [6, 6.07) is 2.47. The van der Waals surface area contributed by atoms with Crippen molar-refractivity contribution in [3.63, 3.8) is 0 Å². The van der Waals surface area contributed by atoms with Gasteiger partial charge in [0.05, 0.1) is 16.1 Å². The molecule has 0 amide bonds. The van der Waals surface area contributed by atoms with Crippen LogP contribution < -0.4 is 9.84 Å². The summed E-state index contributed by atoms with van der Waals surface area (Å²) in [5, 5.41) is 0. The van der Waals surface area contributed by atoms with Gasteiger partial charge in [0.1, 0.15) is 0 Å². The summed E-state index contributed by atoms with van der Waals surface area (Å²) in [6.45, 7) is 30.4. The molecule has 0 bridgehead atoms. The standard InChI is InChI=1S/C13H25PSi2.C10H15.BF4.Ru/c1-10-9-12(15(3,4)5)14-13(11(10)2)16(6,7)8;1-6-7(2)9(4)10(5)8(6)3;2-1(3,4)5;/h9H,1-8H3;1-5H3;;/q;;-1;+1. The molecule has 2 radical (unpaired) electrons. The molecule has 184 valence electrons. The molecule has 0 N–H and O–H groups in total. The van der Waals surface area contributed by atoms with E-state index < -0.39 is 23.4 Å². The van der Waals surface area contributed by atoms with E-state index >= 15 is 0 Å². The van der Waals surface area contributed by atoms with E-state index in [9.17, 15) is 17.3 Å². The Bertz CT molecular complexity index is 821. The average molecular weight is 592 g/mol. The Morgan fingerprint density at radius 1 is 0.656 bits per heavy atom. The van der Waals surface area contributed by atoms with Crippen molar-refractivity contribution in [2.75, 3.05) is 0 Å². The number of hydrogen-bond donors (Lipinski definition) is 0. The van der Waals surface area contributed by atoms with E-state index in [1.54, 1.807) is 23.6 Å². The van der Waals surface area contributed by atoms with Gasteiger partial charge in [-0.15, -0.1) is 0 Å². The van der Waals surface area contributed by atoms with E-state index in [0.29, 0.717) is 0 Å². The Morgan fingerprint density at radius 3 is 1.22 bits per heavy atom. The molecule has 0 fully saturated rings. The van der Waals surface area contributed by atoms with Crippen LogP contribution in [0.5, 0.6) is 0 Å². The first-order valence-corrected chi connectivity index (χ1v) is 18.5. The molecule has 1 aromatic heterocycles. The molecule has 1 heterocycles. The third-order valence-corrected chi connectivity index (χ3v) is 14.9. The van der Waals surface area contributed by atoms with E-state index in [4.69, 9.17) is 0 Å². The van der Waals surface area contributed by atoms with Crippen molar-refractivity contribution in [3.05, 3.63) is 45.4 Å². The summed E-state index contributed by atoms with van der Waals surface area (Å²) in [5.74, 6) is 1.47. The van der Waals surface area contributed by atoms with E-state index in [-0.39, 0.29) is 19.5 Å². The Morgan fingerprint density at radius 2 is 1.00 bits per heavy atom. The molecule has 2 rings (SSSR count). The molecule has 0 atom stereocenters. The maximum absolute atomic E-state index is 9.75. The van der Waals surface area contributed by atoms with Crippen LogP contribution in [0.15, 0.2) is 28.4 Å². The number of rotatable bonds is 2. The van der Waals surface area contributed by atoms with Gasteiger partial charge in [0.25, 0.3) is 0 Å². The Kier molecular flexibility index (Phi) is 13.5. The zero-order valence-corrected chi connectivity index (χ0v) is 26.6. The van der Waals surface area contributed by atoms with Crippen LogP contribution in [0.25, 0.3) is 0 Å². The Hall–Kier alpha value is -0.0279. The van der Waals surface area contributed by atoms with Gasteiger partial charge < -0.3 is 17.3 Å². The van der Waals surface area contributed by atoms with Crippen LogP contribution in [-0.4, -0.2) is 23.4 Å². The summed E-state index contributed by atoms with van der Waals surface area (Å²) in [6.07, 6.45) is 0. The molecular formula is C23H40BF4PRuSi2. The van der Waals surface area contributed by atoms with Crippen molar-refractivity contribution in [3.8, 4) is 0 Å². The normalized spacial score (nSPS) is 15.3. The summed E-state index contributed by atoms with van der Waals surface area (Å²) >= 11 is 0. The minimum atomic E-state index is -6.00. The van der Waals surface area contributed by atoms with E-state index in [1.807, 2.05) is 0 Å². The summed E-state index contributed by atoms with van der Waals surface area (Å²) in [5.41, 5.74) is 8.95. The van der Waals surface area contributed by atoms with Gasteiger partial charge in [-0.3, -0.25) is 0 Å². The first kappa shape index (κ1) is 34.1. The first-order chi connectivity index (χ1) is 13.6. The first-order valence-electron chi connectivity index (χ1n) is 10.6. The molecule has 32 heavy (non-hydrogen) atoms. The van der Waals surface area contributed by atoms with E-state index in [1.165, 1.54) is 33.8 Å². The molecule has 0 nitrogen and oxygen atoms in total. The van der Waals surface area contributed by atoms with Crippen LogP contribution in [-0.2, 0) is 19.5 Å². The molecular weight excluding hydrogens is 551 g/mol. The van der Waals surface area contributed by atoms with Crippen LogP contribution in [0.3, 0.4) is 0 Å². The summed E-state index contributed by atoms with van der Waals surface area (Å²) in [4.78, 5) is 3.47. The zero-order chi connectivity index (χ0) is 25.1. The largest absolute Gasteiger partial charge is 1.00 e. The fourth-order valence-corrected chi connectivity index (χ4v) is 9.79. The predicted octanol–water partition coefficient (Wildman–Crippen LogP) is 8.54. The van der Waals surface area contributed by atoms with Gasteiger partial charge in [-0.05, 0) is 73.7 Å². The van der Waals surface area contributed by atoms with Crippen molar-refractivity contribution in [2.24, 2.45) is 0 Å². The molecule has 0 aromatic carbocycles. The van der Waals surface area contributed by atoms with Gasteiger partial charge in [-0.25, -0.2) is 0 Å². The average Bonchev–Trinajstić information content (AvgIpc) is 2.72. The van der Waals surface area contributed by atoms with E-state index in [0.717, 1.165) is 0 Å². The predicted molar refractivity (Wildman–Crippen MR) is 140 cm³/mol. The van der Waals surface area contributed by atoms with Crippen LogP contribution in [0.2, 0.25) is 39.3 Å². The Labute approximate surface area is 210 Å². The van der Waals surface area contributed by atoms with Gasteiger partial charge in [0.15, 0.2) is 0 Å². The molecule has 0 aliphatic heterocycles. The van der Waals surface area contributed by atoms with Gasteiger partial charge >= 0.3 is 26.7 Å². The maximum atomic E-state index is 9.75. The van der Waals surface area contributed by atoms with Crippen molar-refractivity contribution in [2.45, 2.75) is 87.7 Å². The van der Waals surface area contributed by atoms with Gasteiger partial charge in [-0.1, -0.05) is 71.6 Å². The minimum absolute atomic E-state index is 0. The van der Waals surface area contributed by atoms with Crippen LogP contribution >= 0.6 is 8.19 Å². The smallest absolute Gasteiger partial charge is 0.418 e. The molecule has 0 saturated carbocycles. The van der Waals surface area contributed by atoms with Gasteiger partial charge in [0, 0.05) is 5.92 Å². The number of allylic oxidation sites excluding steroid dienone is 4. The zero-order valence-electron chi connectivity index (χ0n) is 22.0. The second-order valence-electron chi connectivity index (χ2n) is 10.4. The summed E-state index contributed by atoms with van der Waals surface area (Å²) < 4.78 is 39.0. The molecule has 1 aliphatic carbocycles. The maximum Gasteiger partial charge on any atom is 1.00 e. The van der Waals surface area contributed by atoms with Crippen molar-refractivity contribution in [1.82, 2.24) is 0 Å². The van der Waals surface area contributed by atoms with Crippen LogP contribution in [0.4, 0.5) is 17.3 Å². The molecule has 0 saturated heterocycles. The fraction of sp³-hybridized carbons (Fsp3) is 0.565. The Balaban J connectivity index is 0. The number of hydrogen-bond acceptors (Lipinski definition) is 0. The molecule has 0 unspecified atom stereocenters. The number of aryl methyl sites for hydroxylation is 1. The van der Waals surface area contributed by atoms with E-state index in [2.05, 4.69) is 93.8 Å². The minimum Gasteiger partial charge on any atom is -0.418 e. The second-order valence-corrected chi connectivity index (χ2v) is 22.5. The quantitative estimate of drug-likeness (QED) is 0.239. The molecule has 1 aliphatic rings. The molecule has 9 heteroatoms. The second kappa shape index (κ2) is 12.6.